The summed E-state index contributed by atoms with van der Waals surface area (Å²) in [7, 11) is 0. The monoisotopic (exact) mass is 465 g/mol. The van der Waals surface area contributed by atoms with E-state index in [9.17, 15) is 9.59 Å². The molecule has 2 heterocycles. The number of nitrogens with two attached hydrogens (primary N) is 5. The van der Waals surface area contributed by atoms with Crippen LogP contribution in [-0.2, 0) is 4.79 Å². The number of aromatic nitrogens is 2. The zero-order chi connectivity index (χ0) is 24.4. The Morgan fingerprint density at radius 2 is 1.79 bits per heavy atom. The van der Waals surface area contributed by atoms with Gasteiger partial charge in [-0.25, -0.2) is 4.79 Å². The quantitative estimate of drug-likeness (QED) is 0.125. The summed E-state index contributed by atoms with van der Waals surface area (Å²) in [6.45, 7) is 2.81. The second-order valence-corrected chi connectivity index (χ2v) is 7.96. The van der Waals surface area contributed by atoms with E-state index in [-0.39, 0.29) is 29.6 Å². The molecule has 0 aliphatic carbocycles. The average molecular weight is 466 g/mol. The largest absolute Gasteiger partial charge is 0.370 e. The molecule has 2 rings (SSSR count). The van der Waals surface area contributed by atoms with Crippen LogP contribution in [0.5, 0.6) is 0 Å². The minimum Gasteiger partial charge on any atom is -0.370 e. The molecule has 0 aromatic carbocycles. The lowest BCUT2D eigenvalue weighted by atomic mass is 10.1. The number of ketones is 1. The predicted octanol–water partition coefficient (Wildman–Crippen LogP) is -1.02. The summed E-state index contributed by atoms with van der Waals surface area (Å²) in [6, 6.07) is -1.85. The number of rotatable bonds is 12. The molecular formula is C19H35N11O3. The Kier molecular flexibility index (Phi) is 9.84. The molecule has 33 heavy (non-hydrogen) atoms. The van der Waals surface area contributed by atoms with E-state index < -0.39 is 18.1 Å². The number of urea groups is 1. The van der Waals surface area contributed by atoms with Crippen molar-refractivity contribution in [1.82, 2.24) is 20.4 Å². The maximum absolute atomic E-state index is 12.9. The molecule has 1 fully saturated rings. The second kappa shape index (κ2) is 12.6. The Morgan fingerprint density at radius 3 is 2.39 bits per heavy atom. The number of Topliss-reactive ketones (excluding diaryl/α,β-unsaturated/α-hetero) is 1. The second-order valence-electron chi connectivity index (χ2n) is 7.96. The van der Waals surface area contributed by atoms with E-state index in [2.05, 4.69) is 25.4 Å². The summed E-state index contributed by atoms with van der Waals surface area (Å²) in [4.78, 5) is 38.6. The van der Waals surface area contributed by atoms with Gasteiger partial charge in [0.15, 0.2) is 23.5 Å². The molecule has 1 saturated heterocycles. The van der Waals surface area contributed by atoms with Crippen LogP contribution in [0, 0.1) is 0 Å². The molecule has 0 bridgehead atoms. The number of nitrogens with one attached hydrogen (secondary N) is 1. The third-order valence-corrected chi connectivity index (χ3v) is 5.28. The zero-order valence-corrected chi connectivity index (χ0v) is 18.9. The van der Waals surface area contributed by atoms with Crippen LogP contribution in [0.2, 0.25) is 0 Å². The Bertz CT molecular complexity index is 846. The highest BCUT2D eigenvalue weighted by molar-refractivity contribution is 5.87. The molecule has 14 heteroatoms. The van der Waals surface area contributed by atoms with Crippen LogP contribution in [0.25, 0.3) is 0 Å². The van der Waals surface area contributed by atoms with Crippen LogP contribution < -0.4 is 34.0 Å². The van der Waals surface area contributed by atoms with Gasteiger partial charge in [0.1, 0.15) is 6.04 Å². The molecule has 2 amide bonds. The van der Waals surface area contributed by atoms with E-state index in [0.717, 1.165) is 6.42 Å². The van der Waals surface area contributed by atoms with Crippen molar-refractivity contribution >= 4 is 23.7 Å². The van der Waals surface area contributed by atoms with E-state index in [1.54, 1.807) is 0 Å². The standard InChI is InChI=1S/C19H35N11O3/c1-11(31)14-7-4-10-30(14)19(32)27-13(6-3-9-26-18(23)24)16-28-15(29-33-16)12(20)5-2-8-25-17(21)22/h12-14H,2-10,20H2,1H3,(H,27,32)(H4,21,22,25)(H4,23,24,26)/t12-,13-,14?/m0/s1. The lowest BCUT2D eigenvalue weighted by molar-refractivity contribution is -0.120. The summed E-state index contributed by atoms with van der Waals surface area (Å²) in [5.41, 5.74) is 27.5. The van der Waals surface area contributed by atoms with Gasteiger partial charge in [0.05, 0.1) is 12.1 Å². The van der Waals surface area contributed by atoms with Crippen LogP contribution in [-0.4, -0.2) is 64.5 Å². The van der Waals surface area contributed by atoms with Crippen molar-refractivity contribution in [2.75, 3.05) is 19.6 Å². The molecule has 1 aromatic rings. The lowest BCUT2D eigenvalue weighted by Crippen LogP contribution is -2.46. The van der Waals surface area contributed by atoms with Crippen molar-refractivity contribution in [3.63, 3.8) is 0 Å². The van der Waals surface area contributed by atoms with Crippen LogP contribution in [0.4, 0.5) is 4.79 Å². The highest BCUT2D eigenvalue weighted by Crippen LogP contribution is 2.23. The van der Waals surface area contributed by atoms with Gasteiger partial charge in [0.25, 0.3) is 0 Å². The van der Waals surface area contributed by atoms with Crippen molar-refractivity contribution in [2.24, 2.45) is 38.7 Å². The SMILES string of the molecule is CC(=O)C1CCCN1C(=O)N[C@@H](CCCN=C(N)N)c1nc([C@@H](N)CCCN=C(N)N)no1. The van der Waals surface area contributed by atoms with Gasteiger partial charge >= 0.3 is 6.03 Å². The molecule has 0 saturated carbocycles. The van der Waals surface area contributed by atoms with Gasteiger partial charge in [-0.05, 0) is 45.4 Å². The van der Waals surface area contributed by atoms with Crippen LogP contribution in [0.1, 0.15) is 69.2 Å². The fourth-order valence-corrected chi connectivity index (χ4v) is 3.61. The van der Waals surface area contributed by atoms with E-state index in [0.29, 0.717) is 57.6 Å². The molecule has 1 aliphatic heterocycles. The minimum absolute atomic E-state index is 0.0104. The minimum atomic E-state index is -0.588. The van der Waals surface area contributed by atoms with E-state index in [1.807, 2.05) is 0 Å². The van der Waals surface area contributed by atoms with E-state index >= 15 is 0 Å². The molecule has 0 spiro atoms. The summed E-state index contributed by atoms with van der Waals surface area (Å²) < 4.78 is 5.41. The maximum Gasteiger partial charge on any atom is 0.318 e. The summed E-state index contributed by atoms with van der Waals surface area (Å²) in [5, 5.41) is 6.88. The van der Waals surface area contributed by atoms with Crippen molar-refractivity contribution in [2.45, 2.75) is 63.6 Å². The number of amides is 2. The van der Waals surface area contributed by atoms with Gasteiger partial charge in [-0.3, -0.25) is 14.8 Å². The van der Waals surface area contributed by atoms with Crippen LogP contribution >= 0.6 is 0 Å². The van der Waals surface area contributed by atoms with Gasteiger partial charge in [-0.2, -0.15) is 4.98 Å². The maximum atomic E-state index is 12.9. The van der Waals surface area contributed by atoms with Crippen molar-refractivity contribution < 1.29 is 14.1 Å². The first kappa shape index (κ1) is 25.8. The molecule has 0 radical (unpaired) electrons. The summed E-state index contributed by atoms with van der Waals surface area (Å²) >= 11 is 0. The first-order chi connectivity index (χ1) is 15.7. The number of nitrogens with zero attached hydrogens (tertiary/aromatic N) is 5. The highest BCUT2D eigenvalue weighted by Gasteiger charge is 2.33. The normalized spacial score (nSPS) is 17.3. The Labute approximate surface area is 192 Å². The topological polar surface area (TPSA) is 243 Å². The average Bonchev–Trinajstić information content (AvgIpc) is 3.43. The Morgan fingerprint density at radius 1 is 1.15 bits per heavy atom. The van der Waals surface area contributed by atoms with Gasteiger partial charge in [0.2, 0.25) is 5.89 Å². The zero-order valence-electron chi connectivity index (χ0n) is 18.9. The van der Waals surface area contributed by atoms with E-state index in [1.165, 1.54) is 11.8 Å². The number of hydrogen-bond donors (Lipinski definition) is 6. The molecule has 184 valence electrons. The van der Waals surface area contributed by atoms with Crippen molar-refractivity contribution in [3.8, 4) is 0 Å². The van der Waals surface area contributed by atoms with Gasteiger partial charge in [-0.15, -0.1) is 0 Å². The highest BCUT2D eigenvalue weighted by atomic mass is 16.5. The molecule has 1 aliphatic rings. The lowest BCUT2D eigenvalue weighted by Gasteiger charge is -2.25. The number of carbonyl (C=O) groups is 2. The first-order valence-corrected chi connectivity index (χ1v) is 11.0. The summed E-state index contributed by atoms with van der Waals surface area (Å²) in [5.74, 6) is 0.513. The van der Waals surface area contributed by atoms with E-state index in [4.69, 9.17) is 33.2 Å². The number of guanidine groups is 2. The third-order valence-electron chi connectivity index (χ3n) is 5.28. The van der Waals surface area contributed by atoms with Gasteiger partial charge in [-0.1, -0.05) is 5.16 Å². The smallest absolute Gasteiger partial charge is 0.318 e. The number of likely N-dealkylation sites (tertiary alicyclic amines) is 1. The predicted molar refractivity (Wildman–Crippen MR) is 123 cm³/mol. The third kappa shape index (κ3) is 8.21. The Balaban J connectivity index is 2.06. The molecule has 1 aromatic heterocycles. The first-order valence-electron chi connectivity index (χ1n) is 11.0. The Hall–Kier alpha value is -3.42. The molecule has 11 N–H and O–H groups in total. The molecule has 14 nitrogen and oxygen atoms in total. The van der Waals surface area contributed by atoms with Crippen molar-refractivity contribution in [1.29, 1.82) is 0 Å². The summed E-state index contributed by atoms with van der Waals surface area (Å²) in [6.07, 6.45) is 3.61. The van der Waals surface area contributed by atoms with Gasteiger partial charge in [0, 0.05) is 19.6 Å². The molecule has 1 unspecified atom stereocenters. The van der Waals surface area contributed by atoms with Gasteiger partial charge < -0.3 is 43.4 Å². The van der Waals surface area contributed by atoms with Crippen LogP contribution in [0.15, 0.2) is 14.5 Å². The fourth-order valence-electron chi connectivity index (χ4n) is 3.61. The van der Waals surface area contributed by atoms with Crippen molar-refractivity contribution in [3.05, 3.63) is 11.7 Å². The number of carbonyl (C=O) groups excluding carboxylic acids is 2. The number of aliphatic imine (C=N–C) groups is 2. The molecule has 3 atom stereocenters. The number of hydrogen-bond acceptors (Lipinski definition) is 8. The van der Waals surface area contributed by atoms with Crippen LogP contribution in [0.3, 0.4) is 0 Å². The molecular weight excluding hydrogens is 430 g/mol. The fraction of sp³-hybridized carbons (Fsp3) is 0.684.